The van der Waals surface area contributed by atoms with Crippen LogP contribution in [-0.4, -0.2) is 57.0 Å². The zero-order chi connectivity index (χ0) is 26.5. The Morgan fingerprint density at radius 2 is 2.03 bits per heavy atom. The van der Waals surface area contributed by atoms with Gasteiger partial charge in [-0.05, 0) is 30.2 Å². The molecule has 3 N–H and O–H groups in total. The third-order valence-corrected chi connectivity index (χ3v) is 5.38. The molecule has 190 valence electrons. The molecule has 3 rings (SSSR count). The lowest BCUT2D eigenvalue weighted by molar-refractivity contribution is -0.125. The lowest BCUT2D eigenvalue weighted by Crippen LogP contribution is -2.29. The van der Waals surface area contributed by atoms with Gasteiger partial charge in [-0.25, -0.2) is 9.97 Å². The van der Waals surface area contributed by atoms with Gasteiger partial charge in [0, 0.05) is 24.6 Å². The van der Waals surface area contributed by atoms with E-state index in [1.807, 2.05) is 45.9 Å². The Labute approximate surface area is 209 Å². The van der Waals surface area contributed by atoms with Crippen LogP contribution >= 0.6 is 0 Å². The van der Waals surface area contributed by atoms with Gasteiger partial charge in [0.1, 0.15) is 18.6 Å². The molecule has 0 atom stereocenters. The molecule has 0 radical (unpaired) electrons. The van der Waals surface area contributed by atoms with E-state index < -0.39 is 5.91 Å². The first-order chi connectivity index (χ1) is 17.0. The number of aryl methyl sites for hydroxylation is 1. The minimum atomic E-state index is -0.420. The highest BCUT2D eigenvalue weighted by atomic mass is 16.5. The Balaban J connectivity index is 1.70. The highest BCUT2D eigenvalue weighted by Crippen LogP contribution is 2.32. The van der Waals surface area contributed by atoms with Crippen LogP contribution in [0.1, 0.15) is 48.4 Å². The Morgan fingerprint density at radius 1 is 1.28 bits per heavy atom. The number of nitrogens with one attached hydrogen (secondary N) is 1. The molecule has 11 nitrogen and oxygen atoms in total. The molecule has 2 heterocycles. The quantitative estimate of drug-likeness (QED) is 0.429. The topological polar surface area (TPSA) is 149 Å². The number of nitrogen functional groups attached to an aromatic ring is 1. The van der Waals surface area contributed by atoms with Gasteiger partial charge >= 0.3 is 0 Å². The highest BCUT2D eigenvalue weighted by Gasteiger charge is 2.24. The minimum absolute atomic E-state index is 0.00659. The van der Waals surface area contributed by atoms with E-state index in [0.29, 0.717) is 23.9 Å². The van der Waals surface area contributed by atoms with E-state index in [1.165, 1.54) is 17.3 Å². The fraction of sp³-hybridized carbons (Fsp3) is 0.360. The van der Waals surface area contributed by atoms with Gasteiger partial charge in [-0.1, -0.05) is 44.6 Å². The Kier molecular flexibility index (Phi) is 8.03. The minimum Gasteiger partial charge on any atom is -0.486 e. The fourth-order valence-corrected chi connectivity index (χ4v) is 3.20. The van der Waals surface area contributed by atoms with E-state index in [0.717, 1.165) is 16.7 Å². The summed E-state index contributed by atoms with van der Waals surface area (Å²) in [6.07, 6.45) is 2.61. The number of hydrogen-bond donors (Lipinski definition) is 2. The molecule has 36 heavy (non-hydrogen) atoms. The third-order valence-electron chi connectivity index (χ3n) is 5.38. The predicted octanol–water partition coefficient (Wildman–Crippen LogP) is 2.67. The highest BCUT2D eigenvalue weighted by molar-refractivity contribution is 5.90. The number of aromatic nitrogens is 4. The van der Waals surface area contributed by atoms with Crippen molar-refractivity contribution in [2.75, 3.05) is 25.9 Å². The van der Waals surface area contributed by atoms with E-state index in [-0.39, 0.29) is 36.1 Å². The SMILES string of the molecule is C=CC(=O)N(C)CCOc1c(N)ncnc1-c1ccc(CNC(=O)c2noc(C(C)(C)C)n2)c(C)c1. The number of amides is 2. The van der Waals surface area contributed by atoms with Gasteiger partial charge in [-0.15, -0.1) is 0 Å². The summed E-state index contributed by atoms with van der Waals surface area (Å²) in [5.74, 6) is 0.299. The largest absolute Gasteiger partial charge is 0.486 e. The van der Waals surface area contributed by atoms with Crippen molar-refractivity contribution in [1.29, 1.82) is 0 Å². The monoisotopic (exact) mass is 493 g/mol. The van der Waals surface area contributed by atoms with Gasteiger partial charge in [-0.2, -0.15) is 4.98 Å². The summed E-state index contributed by atoms with van der Waals surface area (Å²) >= 11 is 0. The lowest BCUT2D eigenvalue weighted by atomic mass is 9.97. The van der Waals surface area contributed by atoms with Crippen LogP contribution in [0.2, 0.25) is 0 Å². The van der Waals surface area contributed by atoms with Crippen molar-refractivity contribution in [3.63, 3.8) is 0 Å². The van der Waals surface area contributed by atoms with Gasteiger partial charge < -0.3 is 25.2 Å². The van der Waals surface area contributed by atoms with Gasteiger partial charge in [0.25, 0.3) is 11.7 Å². The molecule has 3 aromatic rings. The maximum atomic E-state index is 12.5. The molecule has 0 bridgehead atoms. The fourth-order valence-electron chi connectivity index (χ4n) is 3.20. The van der Waals surface area contributed by atoms with Crippen molar-refractivity contribution in [2.24, 2.45) is 0 Å². The van der Waals surface area contributed by atoms with E-state index in [1.54, 1.807) is 7.05 Å². The maximum Gasteiger partial charge on any atom is 0.292 e. The number of carbonyl (C=O) groups is 2. The Bertz CT molecular complexity index is 1260. The molecule has 0 spiro atoms. The number of benzene rings is 1. The number of rotatable bonds is 9. The summed E-state index contributed by atoms with van der Waals surface area (Å²) in [4.78, 5) is 38.2. The molecule has 0 aliphatic heterocycles. The molecule has 2 amide bonds. The summed E-state index contributed by atoms with van der Waals surface area (Å²) in [6, 6.07) is 5.68. The number of anilines is 1. The molecule has 11 heteroatoms. The van der Waals surface area contributed by atoms with E-state index >= 15 is 0 Å². The summed E-state index contributed by atoms with van der Waals surface area (Å²) in [5.41, 5.74) is 8.84. The number of ether oxygens (including phenoxy) is 1. The maximum absolute atomic E-state index is 12.5. The Morgan fingerprint density at radius 3 is 2.67 bits per heavy atom. The molecule has 0 fully saturated rings. The van der Waals surface area contributed by atoms with Crippen molar-refractivity contribution in [1.82, 2.24) is 30.3 Å². The van der Waals surface area contributed by atoms with E-state index in [2.05, 4.69) is 32.0 Å². The lowest BCUT2D eigenvalue weighted by Gasteiger charge is -2.17. The molecule has 0 aliphatic rings. The smallest absolute Gasteiger partial charge is 0.292 e. The molecular formula is C25H31N7O4. The van der Waals surface area contributed by atoms with Gasteiger partial charge in [0.05, 0.1) is 6.54 Å². The second-order valence-corrected chi connectivity index (χ2v) is 9.25. The number of nitrogens with two attached hydrogens (primary N) is 1. The average Bonchev–Trinajstić information content (AvgIpc) is 3.34. The molecule has 0 saturated carbocycles. The zero-order valence-electron chi connectivity index (χ0n) is 21.2. The molecule has 1 aromatic carbocycles. The van der Waals surface area contributed by atoms with Crippen LogP contribution in [0.5, 0.6) is 5.75 Å². The number of carbonyl (C=O) groups excluding carboxylic acids is 2. The summed E-state index contributed by atoms with van der Waals surface area (Å²) in [5, 5.41) is 6.59. The first-order valence-corrected chi connectivity index (χ1v) is 11.3. The number of nitrogens with zero attached hydrogens (tertiary/aromatic N) is 5. The van der Waals surface area contributed by atoms with Crippen LogP contribution in [0.25, 0.3) is 11.3 Å². The molecular weight excluding hydrogens is 462 g/mol. The van der Waals surface area contributed by atoms with Crippen molar-refractivity contribution in [2.45, 2.75) is 39.7 Å². The summed E-state index contributed by atoms with van der Waals surface area (Å²) in [6.45, 7) is 12.0. The van der Waals surface area contributed by atoms with E-state index in [9.17, 15) is 9.59 Å². The molecule has 2 aromatic heterocycles. The average molecular weight is 494 g/mol. The first-order valence-electron chi connectivity index (χ1n) is 11.3. The number of likely N-dealkylation sites (N-methyl/N-ethyl adjacent to an activating group) is 1. The standard InChI is InChI=1S/C25H31N7O4/c1-7-18(33)32(6)10-11-35-20-19(28-14-29-21(20)26)16-8-9-17(15(2)12-16)13-27-23(34)22-30-24(36-31-22)25(3,4)5/h7-9,12,14H,1,10-11,13H2,2-6H3,(H,27,34)(H2,26,28,29). The van der Waals surface area contributed by atoms with Crippen molar-refractivity contribution < 1.29 is 18.8 Å². The van der Waals surface area contributed by atoms with Crippen LogP contribution in [0.3, 0.4) is 0 Å². The van der Waals surface area contributed by atoms with Crippen LogP contribution < -0.4 is 15.8 Å². The van der Waals surface area contributed by atoms with Gasteiger partial charge in [0.2, 0.25) is 11.8 Å². The molecule has 0 aliphatic carbocycles. The van der Waals surface area contributed by atoms with E-state index in [4.69, 9.17) is 15.0 Å². The normalized spacial score (nSPS) is 11.1. The van der Waals surface area contributed by atoms with Crippen LogP contribution in [-0.2, 0) is 16.8 Å². The number of hydrogen-bond acceptors (Lipinski definition) is 9. The van der Waals surface area contributed by atoms with Crippen LogP contribution in [0.15, 0.2) is 41.7 Å². The van der Waals surface area contributed by atoms with Crippen LogP contribution in [0, 0.1) is 6.92 Å². The van der Waals surface area contributed by atoms with Crippen molar-refractivity contribution >= 4 is 17.6 Å². The van der Waals surface area contributed by atoms with Crippen molar-refractivity contribution in [3.8, 4) is 17.0 Å². The molecule has 0 unspecified atom stereocenters. The zero-order valence-corrected chi connectivity index (χ0v) is 21.2. The van der Waals surface area contributed by atoms with Gasteiger partial charge in [0.15, 0.2) is 11.6 Å². The second-order valence-electron chi connectivity index (χ2n) is 9.25. The van der Waals surface area contributed by atoms with Crippen LogP contribution in [0.4, 0.5) is 5.82 Å². The third kappa shape index (κ3) is 6.23. The second kappa shape index (κ2) is 11.0. The summed E-state index contributed by atoms with van der Waals surface area (Å²) in [7, 11) is 1.65. The Hall–Kier alpha value is -4.28. The summed E-state index contributed by atoms with van der Waals surface area (Å²) < 4.78 is 11.0. The van der Waals surface area contributed by atoms with Gasteiger partial charge in [-0.3, -0.25) is 9.59 Å². The molecule has 0 saturated heterocycles. The first kappa shape index (κ1) is 26.3. The predicted molar refractivity (Wildman–Crippen MR) is 134 cm³/mol. The van der Waals surface area contributed by atoms with Crippen molar-refractivity contribution in [3.05, 3.63) is 60.0 Å².